The Balaban J connectivity index is 2.27. The summed E-state index contributed by atoms with van der Waals surface area (Å²) in [6.45, 7) is 2.38. The first-order valence-electron chi connectivity index (χ1n) is 7.59. The quantitative estimate of drug-likeness (QED) is 0.626. The fourth-order valence-corrected chi connectivity index (χ4v) is 3.03. The van der Waals surface area contributed by atoms with E-state index < -0.39 is 14.8 Å². The molecule has 134 valence electrons. The van der Waals surface area contributed by atoms with Gasteiger partial charge in [0.2, 0.25) is 0 Å². The average Bonchev–Trinajstić information content (AvgIpc) is 2.52. The van der Waals surface area contributed by atoms with Gasteiger partial charge >= 0.3 is 0 Å². The van der Waals surface area contributed by atoms with Gasteiger partial charge in [0.05, 0.1) is 9.82 Å². The van der Waals surface area contributed by atoms with Crippen LogP contribution >= 0.6 is 0 Å². The second-order valence-corrected chi connectivity index (χ2v) is 8.08. The first-order chi connectivity index (χ1) is 11.6. The number of hydrogen-bond acceptors (Lipinski definition) is 6. The molecule has 0 radical (unpaired) electrons. The second-order valence-electron chi connectivity index (χ2n) is 6.07. The normalized spacial score (nSPS) is 11.2. The van der Waals surface area contributed by atoms with Crippen LogP contribution in [0.5, 0.6) is 0 Å². The molecule has 0 aliphatic rings. The average molecular weight is 363 g/mol. The Morgan fingerprint density at radius 1 is 1.16 bits per heavy atom. The molecule has 0 spiro atoms. The highest BCUT2D eigenvalue weighted by Gasteiger charge is 2.18. The van der Waals surface area contributed by atoms with Crippen molar-refractivity contribution < 1.29 is 13.3 Å². The zero-order chi connectivity index (χ0) is 18.8. The highest BCUT2D eigenvalue weighted by Crippen LogP contribution is 2.28. The van der Waals surface area contributed by atoms with Crippen LogP contribution in [0.25, 0.3) is 0 Å². The number of aryl methyl sites for hydroxylation is 1. The van der Waals surface area contributed by atoms with Crippen LogP contribution in [0, 0.1) is 17.0 Å². The van der Waals surface area contributed by atoms with Gasteiger partial charge in [-0.15, -0.1) is 0 Å². The van der Waals surface area contributed by atoms with Crippen LogP contribution in [-0.4, -0.2) is 33.7 Å². The summed E-state index contributed by atoms with van der Waals surface area (Å²) in [6.07, 6.45) is 1.02. The third kappa shape index (κ3) is 4.48. The van der Waals surface area contributed by atoms with Crippen molar-refractivity contribution in [3.63, 3.8) is 0 Å². The van der Waals surface area contributed by atoms with Crippen LogP contribution in [-0.2, 0) is 16.4 Å². The van der Waals surface area contributed by atoms with Crippen molar-refractivity contribution in [1.82, 2.24) is 0 Å². The molecule has 0 aromatic heterocycles. The summed E-state index contributed by atoms with van der Waals surface area (Å²) in [7, 11) is 0.416. The molecule has 0 aliphatic heterocycles. The van der Waals surface area contributed by atoms with Gasteiger partial charge in [-0.25, -0.2) is 8.42 Å². The van der Waals surface area contributed by atoms with E-state index in [1.54, 1.807) is 0 Å². The lowest BCUT2D eigenvalue weighted by molar-refractivity contribution is -0.384. The van der Waals surface area contributed by atoms with E-state index in [0.717, 1.165) is 29.1 Å². The van der Waals surface area contributed by atoms with Crippen molar-refractivity contribution in [2.75, 3.05) is 30.6 Å². The van der Waals surface area contributed by atoms with Crippen LogP contribution in [0.4, 0.5) is 17.1 Å². The Bertz CT molecular complexity index is 908. The Morgan fingerprint density at radius 2 is 1.84 bits per heavy atom. The fourth-order valence-electron chi connectivity index (χ4n) is 2.39. The molecule has 2 rings (SSSR count). The molecule has 0 saturated carbocycles. The van der Waals surface area contributed by atoms with Crippen molar-refractivity contribution >= 4 is 26.9 Å². The number of nitrogens with one attached hydrogen (secondary N) is 1. The van der Waals surface area contributed by atoms with Gasteiger partial charge in [0, 0.05) is 38.6 Å². The molecular weight excluding hydrogens is 342 g/mol. The fraction of sp³-hybridized carbons (Fsp3) is 0.294. The predicted octanol–water partition coefficient (Wildman–Crippen LogP) is 2.98. The van der Waals surface area contributed by atoms with Crippen molar-refractivity contribution in [3.8, 4) is 0 Å². The van der Waals surface area contributed by atoms with Crippen molar-refractivity contribution in [1.29, 1.82) is 0 Å². The highest BCUT2D eigenvalue weighted by atomic mass is 32.2. The molecule has 0 bridgehead atoms. The molecule has 25 heavy (non-hydrogen) atoms. The lowest BCUT2D eigenvalue weighted by atomic mass is 10.1. The van der Waals surface area contributed by atoms with Gasteiger partial charge in [-0.1, -0.05) is 6.07 Å². The lowest BCUT2D eigenvalue weighted by Crippen LogP contribution is -2.10. The summed E-state index contributed by atoms with van der Waals surface area (Å²) in [5.74, 6) is 0. The minimum atomic E-state index is -3.50. The second kappa shape index (κ2) is 7.10. The van der Waals surface area contributed by atoms with E-state index in [-0.39, 0.29) is 16.3 Å². The molecule has 0 heterocycles. The van der Waals surface area contributed by atoms with Crippen LogP contribution in [0.2, 0.25) is 0 Å². The van der Waals surface area contributed by atoms with Gasteiger partial charge in [-0.2, -0.15) is 0 Å². The van der Waals surface area contributed by atoms with E-state index >= 15 is 0 Å². The molecule has 0 fully saturated rings. The summed E-state index contributed by atoms with van der Waals surface area (Å²) in [5.41, 5.74) is 3.17. The maximum atomic E-state index is 11.6. The minimum absolute atomic E-state index is 0.0729. The SMILES string of the molecule is Cc1cc(N(C)C)ccc1CNc1ccc(S(C)(=O)=O)cc1[N+](=O)[O-]. The first-order valence-corrected chi connectivity index (χ1v) is 9.48. The van der Waals surface area contributed by atoms with E-state index in [1.165, 1.54) is 12.1 Å². The molecule has 0 saturated heterocycles. The van der Waals surface area contributed by atoms with Gasteiger partial charge < -0.3 is 10.2 Å². The van der Waals surface area contributed by atoms with E-state index in [4.69, 9.17) is 0 Å². The third-order valence-corrected chi connectivity index (χ3v) is 5.02. The smallest absolute Gasteiger partial charge is 0.293 e. The minimum Gasteiger partial charge on any atom is -0.378 e. The molecule has 1 N–H and O–H groups in total. The number of benzene rings is 2. The summed E-state index contributed by atoms with van der Waals surface area (Å²) in [4.78, 5) is 12.6. The lowest BCUT2D eigenvalue weighted by Gasteiger charge is -2.16. The van der Waals surface area contributed by atoms with Gasteiger partial charge in [0.25, 0.3) is 5.69 Å². The monoisotopic (exact) mass is 363 g/mol. The van der Waals surface area contributed by atoms with Crippen LogP contribution in [0.1, 0.15) is 11.1 Å². The number of anilines is 2. The largest absolute Gasteiger partial charge is 0.378 e. The number of hydrogen-bond donors (Lipinski definition) is 1. The standard InChI is InChI=1S/C17H21N3O4S/c1-12-9-14(19(2)3)6-5-13(12)11-18-16-8-7-15(25(4,23)24)10-17(16)20(21)22/h5-10,18H,11H2,1-4H3. The Labute approximate surface area is 147 Å². The van der Waals surface area contributed by atoms with E-state index in [0.29, 0.717) is 6.54 Å². The molecule has 0 atom stereocenters. The topological polar surface area (TPSA) is 92.6 Å². The maximum Gasteiger partial charge on any atom is 0.293 e. The maximum absolute atomic E-state index is 11.6. The van der Waals surface area contributed by atoms with E-state index in [2.05, 4.69) is 5.32 Å². The van der Waals surface area contributed by atoms with Gasteiger partial charge in [-0.3, -0.25) is 10.1 Å². The van der Waals surface area contributed by atoms with Crippen LogP contribution in [0.3, 0.4) is 0 Å². The van der Waals surface area contributed by atoms with Gasteiger partial charge in [0.1, 0.15) is 5.69 Å². The Morgan fingerprint density at radius 3 is 2.36 bits per heavy atom. The number of rotatable bonds is 6. The van der Waals surface area contributed by atoms with E-state index in [1.807, 2.05) is 44.1 Å². The van der Waals surface area contributed by atoms with Crippen molar-refractivity contribution in [3.05, 3.63) is 57.6 Å². The summed E-state index contributed by atoms with van der Waals surface area (Å²) < 4.78 is 23.2. The molecule has 0 aliphatic carbocycles. The molecule has 0 amide bonds. The highest BCUT2D eigenvalue weighted by molar-refractivity contribution is 7.90. The number of nitrogens with zero attached hydrogens (tertiary/aromatic N) is 2. The predicted molar refractivity (Wildman–Crippen MR) is 99.0 cm³/mol. The molecule has 8 heteroatoms. The number of nitro benzene ring substituents is 1. The summed E-state index contributed by atoms with van der Waals surface area (Å²) in [6, 6.07) is 9.86. The third-order valence-electron chi connectivity index (χ3n) is 3.91. The van der Waals surface area contributed by atoms with Crippen molar-refractivity contribution in [2.45, 2.75) is 18.4 Å². The Kier molecular flexibility index (Phi) is 5.32. The molecule has 2 aromatic carbocycles. The molecular formula is C17H21N3O4S. The zero-order valence-corrected chi connectivity index (χ0v) is 15.4. The van der Waals surface area contributed by atoms with Gasteiger partial charge in [-0.05, 0) is 42.3 Å². The first kappa shape index (κ1) is 18.7. The zero-order valence-electron chi connectivity index (χ0n) is 14.6. The van der Waals surface area contributed by atoms with E-state index in [9.17, 15) is 18.5 Å². The summed E-state index contributed by atoms with van der Waals surface area (Å²) >= 11 is 0. The van der Waals surface area contributed by atoms with Crippen LogP contribution < -0.4 is 10.2 Å². The molecule has 0 unspecified atom stereocenters. The molecule has 2 aromatic rings. The Hall–Kier alpha value is -2.61. The van der Waals surface area contributed by atoms with Gasteiger partial charge in [0.15, 0.2) is 9.84 Å². The van der Waals surface area contributed by atoms with Crippen molar-refractivity contribution in [2.24, 2.45) is 0 Å². The van der Waals surface area contributed by atoms with Crippen LogP contribution in [0.15, 0.2) is 41.3 Å². The number of sulfone groups is 1. The summed E-state index contributed by atoms with van der Waals surface area (Å²) in [5, 5.41) is 14.3. The molecule has 7 nitrogen and oxygen atoms in total. The number of nitro groups is 1.